The molecule has 22 heavy (non-hydrogen) atoms. The minimum Gasteiger partial charge on any atom is -0.378 e. The summed E-state index contributed by atoms with van der Waals surface area (Å²) in [5.41, 5.74) is 2.08. The third-order valence-corrected chi connectivity index (χ3v) is 2.92. The molecule has 1 rings (SSSR count). The van der Waals surface area contributed by atoms with Gasteiger partial charge in [-0.3, -0.25) is 0 Å². The number of aliphatic imine (C=N–C) groups is 1. The van der Waals surface area contributed by atoms with E-state index in [1.807, 2.05) is 50.2 Å². The van der Waals surface area contributed by atoms with Crippen LogP contribution in [-0.2, 0) is 6.54 Å². The zero-order valence-corrected chi connectivity index (χ0v) is 13.2. The fourth-order valence-corrected chi connectivity index (χ4v) is 1.73. The first-order valence-electron chi connectivity index (χ1n) is 7.17. The van der Waals surface area contributed by atoms with Crippen LogP contribution in [0.25, 0.3) is 0 Å². The second-order valence-corrected chi connectivity index (χ2v) is 5.05. The molecule has 0 amide bonds. The normalized spacial score (nSPS) is 12.2. The van der Waals surface area contributed by atoms with E-state index in [-0.39, 0.29) is 6.54 Å². The van der Waals surface area contributed by atoms with Crippen molar-refractivity contribution in [2.75, 3.05) is 32.1 Å². The molecular weight excluding hydrogens is 293 g/mol. The van der Waals surface area contributed by atoms with E-state index < -0.39 is 12.6 Å². The lowest BCUT2D eigenvalue weighted by atomic mass is 10.2. The summed E-state index contributed by atoms with van der Waals surface area (Å²) in [6.07, 6.45) is -5.04. The highest BCUT2D eigenvalue weighted by atomic mass is 19.4. The highest BCUT2D eigenvalue weighted by Gasteiger charge is 2.26. The quantitative estimate of drug-likeness (QED) is 0.626. The molecule has 0 heterocycles. The van der Waals surface area contributed by atoms with Gasteiger partial charge in [0.05, 0.1) is 13.0 Å². The first kappa shape index (κ1) is 18.1. The van der Waals surface area contributed by atoms with Gasteiger partial charge in [-0.25, -0.2) is 4.99 Å². The van der Waals surface area contributed by atoms with Gasteiger partial charge in [-0.1, -0.05) is 12.1 Å². The van der Waals surface area contributed by atoms with Crippen LogP contribution in [0.4, 0.5) is 18.9 Å². The molecule has 0 atom stereocenters. The van der Waals surface area contributed by atoms with Crippen molar-refractivity contribution in [2.24, 2.45) is 4.99 Å². The number of rotatable bonds is 6. The molecule has 0 radical (unpaired) electrons. The van der Waals surface area contributed by atoms with Crippen LogP contribution in [0, 0.1) is 0 Å². The van der Waals surface area contributed by atoms with Crippen LogP contribution in [0.1, 0.15) is 18.9 Å². The van der Waals surface area contributed by atoms with Gasteiger partial charge in [0, 0.05) is 32.9 Å². The van der Waals surface area contributed by atoms with Crippen molar-refractivity contribution < 1.29 is 13.2 Å². The summed E-state index contributed by atoms with van der Waals surface area (Å²) in [4.78, 5) is 6.29. The summed E-state index contributed by atoms with van der Waals surface area (Å²) < 4.78 is 36.4. The van der Waals surface area contributed by atoms with E-state index in [0.717, 1.165) is 11.3 Å². The van der Waals surface area contributed by atoms with Gasteiger partial charge < -0.3 is 15.5 Å². The van der Waals surface area contributed by atoms with E-state index >= 15 is 0 Å². The van der Waals surface area contributed by atoms with Crippen molar-refractivity contribution in [3.05, 3.63) is 29.8 Å². The van der Waals surface area contributed by atoms with Gasteiger partial charge in [-0.15, -0.1) is 0 Å². The lowest BCUT2D eigenvalue weighted by molar-refractivity contribution is -0.132. The van der Waals surface area contributed by atoms with Crippen molar-refractivity contribution in [2.45, 2.75) is 26.1 Å². The summed E-state index contributed by atoms with van der Waals surface area (Å²) in [6.45, 7) is 2.69. The van der Waals surface area contributed by atoms with E-state index in [4.69, 9.17) is 0 Å². The Labute approximate surface area is 129 Å². The maximum atomic E-state index is 12.1. The molecule has 0 saturated carbocycles. The average Bonchev–Trinajstić information content (AvgIpc) is 2.44. The molecule has 0 aliphatic rings. The monoisotopic (exact) mass is 316 g/mol. The standard InChI is InChI=1S/C15H23F3N4/c1-4-19-14(20-10-9-15(16,17)18)21-11-12-5-7-13(8-6-12)22(2)3/h5-8H,4,9-11H2,1-3H3,(H2,19,20,21). The molecule has 0 aromatic heterocycles. The van der Waals surface area contributed by atoms with E-state index in [1.54, 1.807) is 0 Å². The van der Waals surface area contributed by atoms with E-state index in [9.17, 15) is 13.2 Å². The Bertz CT molecular complexity index is 467. The molecule has 124 valence electrons. The largest absolute Gasteiger partial charge is 0.390 e. The number of guanidine groups is 1. The SMILES string of the molecule is CCNC(=NCc1ccc(N(C)C)cc1)NCCC(F)(F)F. The number of alkyl halides is 3. The average molecular weight is 316 g/mol. The molecule has 0 fully saturated rings. The predicted octanol–water partition coefficient (Wildman–Crippen LogP) is 2.76. The molecule has 7 heteroatoms. The highest BCUT2D eigenvalue weighted by molar-refractivity contribution is 5.79. The summed E-state index contributed by atoms with van der Waals surface area (Å²) >= 11 is 0. The van der Waals surface area contributed by atoms with Crippen LogP contribution in [0.2, 0.25) is 0 Å². The Morgan fingerprint density at radius 2 is 1.77 bits per heavy atom. The molecule has 0 unspecified atom stereocenters. The minimum atomic E-state index is -4.16. The number of hydrogen-bond acceptors (Lipinski definition) is 2. The Hall–Kier alpha value is -1.92. The first-order valence-corrected chi connectivity index (χ1v) is 7.17. The molecule has 1 aromatic rings. The number of hydrogen-bond donors (Lipinski definition) is 2. The smallest absolute Gasteiger partial charge is 0.378 e. The minimum absolute atomic E-state index is 0.186. The Balaban J connectivity index is 2.57. The van der Waals surface area contributed by atoms with Crippen LogP contribution in [0.15, 0.2) is 29.3 Å². The number of anilines is 1. The molecule has 0 saturated heterocycles. The van der Waals surface area contributed by atoms with Gasteiger partial charge in [0.1, 0.15) is 0 Å². The Morgan fingerprint density at radius 3 is 2.27 bits per heavy atom. The third-order valence-electron chi connectivity index (χ3n) is 2.92. The van der Waals surface area contributed by atoms with Crippen molar-refractivity contribution in [3.63, 3.8) is 0 Å². The number of halogens is 3. The van der Waals surface area contributed by atoms with Crippen LogP contribution >= 0.6 is 0 Å². The molecule has 0 spiro atoms. The van der Waals surface area contributed by atoms with Gasteiger partial charge in [-0.2, -0.15) is 13.2 Å². The zero-order chi connectivity index (χ0) is 16.6. The molecule has 0 bridgehead atoms. The topological polar surface area (TPSA) is 39.7 Å². The number of nitrogens with zero attached hydrogens (tertiary/aromatic N) is 2. The highest BCUT2D eigenvalue weighted by Crippen LogP contribution is 2.18. The number of nitrogens with one attached hydrogen (secondary N) is 2. The fourth-order valence-electron chi connectivity index (χ4n) is 1.73. The maximum Gasteiger partial charge on any atom is 0.390 e. The lowest BCUT2D eigenvalue weighted by Crippen LogP contribution is -2.38. The second-order valence-electron chi connectivity index (χ2n) is 5.05. The van der Waals surface area contributed by atoms with Crippen molar-refractivity contribution in [1.82, 2.24) is 10.6 Å². The molecule has 0 aliphatic carbocycles. The number of benzene rings is 1. The Kier molecular flexibility index (Phi) is 7.01. The Morgan fingerprint density at radius 1 is 1.14 bits per heavy atom. The maximum absolute atomic E-state index is 12.1. The van der Waals surface area contributed by atoms with Crippen molar-refractivity contribution in [1.29, 1.82) is 0 Å². The zero-order valence-electron chi connectivity index (χ0n) is 13.2. The van der Waals surface area contributed by atoms with Crippen LogP contribution in [-0.4, -0.2) is 39.3 Å². The lowest BCUT2D eigenvalue weighted by Gasteiger charge is -2.13. The molecule has 2 N–H and O–H groups in total. The third kappa shape index (κ3) is 7.19. The molecule has 1 aromatic carbocycles. The van der Waals surface area contributed by atoms with Gasteiger partial charge in [0.25, 0.3) is 0 Å². The van der Waals surface area contributed by atoms with Crippen molar-refractivity contribution >= 4 is 11.6 Å². The molecule has 0 aliphatic heterocycles. The second kappa shape index (κ2) is 8.51. The van der Waals surface area contributed by atoms with Crippen LogP contribution in [0.3, 0.4) is 0 Å². The van der Waals surface area contributed by atoms with E-state index in [0.29, 0.717) is 19.0 Å². The summed E-state index contributed by atoms with van der Waals surface area (Å²) in [5.74, 6) is 0.392. The van der Waals surface area contributed by atoms with Gasteiger partial charge in [0.2, 0.25) is 0 Å². The molecule has 4 nitrogen and oxygen atoms in total. The molecular formula is C15H23F3N4. The summed E-state index contributed by atoms with van der Waals surface area (Å²) in [6, 6.07) is 7.87. The van der Waals surface area contributed by atoms with Crippen LogP contribution in [0.5, 0.6) is 0 Å². The van der Waals surface area contributed by atoms with E-state index in [2.05, 4.69) is 15.6 Å². The fraction of sp³-hybridized carbons (Fsp3) is 0.533. The first-order chi connectivity index (χ1) is 10.3. The van der Waals surface area contributed by atoms with Gasteiger partial charge in [0.15, 0.2) is 5.96 Å². The van der Waals surface area contributed by atoms with Gasteiger partial charge in [-0.05, 0) is 24.6 Å². The van der Waals surface area contributed by atoms with E-state index in [1.165, 1.54) is 0 Å². The van der Waals surface area contributed by atoms with Crippen LogP contribution < -0.4 is 15.5 Å². The summed E-state index contributed by atoms with van der Waals surface area (Å²) in [7, 11) is 3.92. The van der Waals surface area contributed by atoms with Gasteiger partial charge >= 0.3 is 6.18 Å². The predicted molar refractivity (Wildman–Crippen MR) is 84.3 cm³/mol. The summed E-state index contributed by atoms with van der Waals surface area (Å²) in [5, 5.41) is 5.62. The van der Waals surface area contributed by atoms with Crippen molar-refractivity contribution in [3.8, 4) is 0 Å².